The molecule has 0 atom stereocenters. The molecule has 6 nitrogen and oxygen atoms in total. The van der Waals surface area contributed by atoms with Crippen molar-refractivity contribution in [2.45, 2.75) is 13.5 Å². The number of hydrogen-bond donors (Lipinski definition) is 2. The highest BCUT2D eigenvalue weighted by atomic mass is 16.2. The van der Waals surface area contributed by atoms with Crippen molar-refractivity contribution in [3.63, 3.8) is 0 Å². The van der Waals surface area contributed by atoms with Crippen LogP contribution in [0, 0.1) is 11.3 Å². The van der Waals surface area contributed by atoms with Crippen molar-refractivity contribution in [2.24, 2.45) is 0 Å². The topological polar surface area (TPSA) is 90.7 Å². The van der Waals surface area contributed by atoms with E-state index in [1.807, 2.05) is 6.07 Å². The highest BCUT2D eigenvalue weighted by molar-refractivity contribution is 5.77. The van der Waals surface area contributed by atoms with Gasteiger partial charge in [-0.25, -0.2) is 4.79 Å². The Labute approximate surface area is 103 Å². The lowest BCUT2D eigenvalue weighted by atomic mass is 10.2. The molecule has 1 aromatic heterocycles. The van der Waals surface area contributed by atoms with E-state index in [-0.39, 0.29) is 11.6 Å². The van der Waals surface area contributed by atoms with Crippen molar-refractivity contribution in [3.05, 3.63) is 34.2 Å². The van der Waals surface area contributed by atoms with Crippen LogP contribution in [-0.4, -0.2) is 22.0 Å². The smallest absolute Gasteiger partial charge is 0.326 e. The summed E-state index contributed by atoms with van der Waals surface area (Å²) >= 11 is 0. The number of fused-ring (bicyclic) bond motifs is 1. The van der Waals surface area contributed by atoms with Gasteiger partial charge in [-0.2, -0.15) is 5.26 Å². The second-order valence-electron chi connectivity index (χ2n) is 3.91. The van der Waals surface area contributed by atoms with Crippen LogP contribution in [-0.2, 0) is 11.3 Å². The quantitative estimate of drug-likeness (QED) is 0.815. The third kappa shape index (κ3) is 2.25. The van der Waals surface area contributed by atoms with Crippen LogP contribution in [0.1, 0.15) is 12.5 Å². The van der Waals surface area contributed by atoms with E-state index in [2.05, 4.69) is 10.3 Å². The van der Waals surface area contributed by atoms with Gasteiger partial charge in [-0.05, 0) is 18.2 Å². The molecule has 1 aromatic carbocycles. The summed E-state index contributed by atoms with van der Waals surface area (Å²) in [5, 5.41) is 11.4. The lowest BCUT2D eigenvalue weighted by molar-refractivity contribution is -0.118. The first-order valence-corrected chi connectivity index (χ1v) is 5.49. The van der Waals surface area contributed by atoms with Crippen molar-refractivity contribution in [1.82, 2.24) is 14.9 Å². The molecular formula is C12H12N4O2. The van der Waals surface area contributed by atoms with E-state index in [4.69, 9.17) is 5.26 Å². The van der Waals surface area contributed by atoms with Gasteiger partial charge in [-0.3, -0.25) is 9.36 Å². The first-order valence-electron chi connectivity index (χ1n) is 5.49. The maximum absolute atomic E-state index is 11.7. The number of carbonyl (C=O) groups excluding carboxylic acids is 1. The third-order valence-electron chi connectivity index (χ3n) is 2.61. The minimum atomic E-state index is -0.245. The predicted octanol–water partition coefficient (Wildman–Crippen LogP) is 0.337. The number of imidazole rings is 1. The number of amides is 1. The molecule has 0 radical (unpaired) electrons. The highest BCUT2D eigenvalue weighted by Gasteiger charge is 2.07. The van der Waals surface area contributed by atoms with Gasteiger partial charge in [0.05, 0.1) is 22.7 Å². The Kier molecular flexibility index (Phi) is 3.15. The summed E-state index contributed by atoms with van der Waals surface area (Å²) in [6, 6.07) is 7.03. The number of aromatic nitrogens is 2. The standard InChI is InChI=1S/C12H12N4O2/c1-8(17)14-4-5-16-11-3-2-9(7-13)6-10(11)15-12(16)18/h2-3,6H,4-5H2,1H3,(H,14,17)(H,15,18). The number of nitriles is 1. The molecule has 1 heterocycles. The van der Waals surface area contributed by atoms with Crippen molar-refractivity contribution < 1.29 is 4.79 Å². The van der Waals surface area contributed by atoms with Crippen molar-refractivity contribution >= 4 is 16.9 Å². The zero-order chi connectivity index (χ0) is 13.1. The minimum absolute atomic E-state index is 0.130. The number of rotatable bonds is 3. The Morgan fingerprint density at radius 3 is 3.00 bits per heavy atom. The molecule has 0 aliphatic carbocycles. The van der Waals surface area contributed by atoms with Crippen molar-refractivity contribution in [3.8, 4) is 6.07 Å². The maximum Gasteiger partial charge on any atom is 0.326 e. The molecule has 0 aliphatic heterocycles. The van der Waals surface area contributed by atoms with Gasteiger partial charge in [0.25, 0.3) is 0 Å². The molecule has 92 valence electrons. The average Bonchev–Trinajstić information content (AvgIpc) is 2.64. The molecule has 6 heteroatoms. The van der Waals surface area contributed by atoms with Crippen LogP contribution < -0.4 is 11.0 Å². The molecule has 0 saturated heterocycles. The molecule has 0 aliphatic rings. The summed E-state index contributed by atoms with van der Waals surface area (Å²) in [6.45, 7) is 2.21. The fourth-order valence-electron chi connectivity index (χ4n) is 1.80. The van der Waals surface area contributed by atoms with E-state index in [9.17, 15) is 9.59 Å². The summed E-state index contributed by atoms with van der Waals surface area (Å²) in [5.74, 6) is -0.130. The Hall–Kier alpha value is -2.55. The van der Waals surface area contributed by atoms with Crippen LogP contribution in [0.5, 0.6) is 0 Å². The van der Waals surface area contributed by atoms with Gasteiger partial charge < -0.3 is 10.3 Å². The minimum Gasteiger partial charge on any atom is -0.355 e. The SMILES string of the molecule is CC(=O)NCCn1c(=O)[nH]c2cc(C#N)ccc21. The summed E-state index contributed by atoms with van der Waals surface area (Å²) in [6.07, 6.45) is 0. The molecule has 2 aromatic rings. The third-order valence-corrected chi connectivity index (χ3v) is 2.61. The lowest BCUT2D eigenvalue weighted by Gasteiger charge is -2.03. The number of hydrogen-bond acceptors (Lipinski definition) is 3. The highest BCUT2D eigenvalue weighted by Crippen LogP contribution is 2.11. The second kappa shape index (κ2) is 4.75. The van der Waals surface area contributed by atoms with Crippen LogP contribution in [0.2, 0.25) is 0 Å². The molecule has 18 heavy (non-hydrogen) atoms. The van der Waals surface area contributed by atoms with E-state index >= 15 is 0 Å². The Bertz CT molecular complexity index is 690. The van der Waals surface area contributed by atoms with Crippen molar-refractivity contribution in [1.29, 1.82) is 5.26 Å². The molecule has 2 rings (SSSR count). The summed E-state index contributed by atoms with van der Waals surface area (Å²) < 4.78 is 1.53. The van der Waals surface area contributed by atoms with E-state index < -0.39 is 0 Å². The van der Waals surface area contributed by atoms with E-state index in [1.54, 1.807) is 18.2 Å². The normalized spacial score (nSPS) is 10.2. The van der Waals surface area contributed by atoms with E-state index in [1.165, 1.54) is 11.5 Å². The van der Waals surface area contributed by atoms with Crippen LogP contribution in [0.3, 0.4) is 0 Å². The monoisotopic (exact) mass is 244 g/mol. The molecule has 2 N–H and O–H groups in total. The molecule has 0 saturated carbocycles. The summed E-state index contributed by atoms with van der Waals surface area (Å²) in [4.78, 5) is 25.2. The van der Waals surface area contributed by atoms with Gasteiger partial charge in [-0.1, -0.05) is 0 Å². The van der Waals surface area contributed by atoms with Gasteiger partial charge in [0.2, 0.25) is 5.91 Å². The Balaban J connectivity index is 2.33. The van der Waals surface area contributed by atoms with Gasteiger partial charge in [-0.15, -0.1) is 0 Å². The van der Waals surface area contributed by atoms with Crippen LogP contribution in [0.4, 0.5) is 0 Å². The summed E-state index contributed by atoms with van der Waals surface area (Å²) in [5.41, 5.74) is 1.61. The van der Waals surface area contributed by atoms with Crippen LogP contribution in [0.15, 0.2) is 23.0 Å². The first kappa shape index (κ1) is 11.9. The van der Waals surface area contributed by atoms with Crippen molar-refractivity contribution in [2.75, 3.05) is 6.54 Å². The Morgan fingerprint density at radius 1 is 1.56 bits per heavy atom. The zero-order valence-electron chi connectivity index (χ0n) is 9.86. The molecular weight excluding hydrogens is 232 g/mol. The van der Waals surface area contributed by atoms with Gasteiger partial charge in [0, 0.05) is 20.0 Å². The number of carbonyl (C=O) groups is 1. The molecule has 1 amide bonds. The fraction of sp³-hybridized carbons (Fsp3) is 0.250. The van der Waals surface area contributed by atoms with Gasteiger partial charge >= 0.3 is 5.69 Å². The second-order valence-corrected chi connectivity index (χ2v) is 3.91. The zero-order valence-corrected chi connectivity index (χ0v) is 9.86. The van der Waals surface area contributed by atoms with Gasteiger partial charge in [0.1, 0.15) is 0 Å². The van der Waals surface area contributed by atoms with Gasteiger partial charge in [0.15, 0.2) is 0 Å². The lowest BCUT2D eigenvalue weighted by Crippen LogP contribution is -2.28. The number of nitrogens with one attached hydrogen (secondary N) is 2. The summed E-state index contributed by atoms with van der Waals surface area (Å²) in [7, 11) is 0. The number of benzene rings is 1. The largest absolute Gasteiger partial charge is 0.355 e. The van der Waals surface area contributed by atoms with E-state index in [0.29, 0.717) is 24.2 Å². The number of aromatic amines is 1. The fourth-order valence-corrected chi connectivity index (χ4v) is 1.80. The van der Waals surface area contributed by atoms with Crippen LogP contribution in [0.25, 0.3) is 11.0 Å². The molecule has 0 bridgehead atoms. The maximum atomic E-state index is 11.7. The van der Waals surface area contributed by atoms with Crippen LogP contribution >= 0.6 is 0 Å². The van der Waals surface area contributed by atoms with E-state index in [0.717, 1.165) is 5.52 Å². The number of nitrogens with zero attached hydrogens (tertiary/aromatic N) is 2. The number of H-pyrrole nitrogens is 1. The first-order chi connectivity index (χ1) is 8.61. The average molecular weight is 244 g/mol. The molecule has 0 spiro atoms. The molecule has 0 unspecified atom stereocenters. The predicted molar refractivity (Wildman–Crippen MR) is 66.0 cm³/mol. The Morgan fingerprint density at radius 2 is 2.33 bits per heavy atom. The molecule has 0 fully saturated rings.